The number of nitrogens with one attached hydrogen (secondary N) is 2. The van der Waals surface area contributed by atoms with Crippen molar-refractivity contribution in [2.24, 2.45) is 5.92 Å². The summed E-state index contributed by atoms with van der Waals surface area (Å²) in [5.41, 5.74) is 0.629. The maximum atomic E-state index is 12.2. The number of hydrogen-bond donors (Lipinski definition) is 3. The molecular formula is C18H24N2O3. The molecular weight excluding hydrogens is 292 g/mol. The third kappa shape index (κ3) is 4.47. The fourth-order valence-corrected chi connectivity index (χ4v) is 3.22. The quantitative estimate of drug-likeness (QED) is 0.776. The van der Waals surface area contributed by atoms with Crippen LogP contribution in [0.25, 0.3) is 0 Å². The van der Waals surface area contributed by atoms with E-state index in [1.54, 1.807) is 24.3 Å². The Kier molecular flexibility index (Phi) is 4.84. The van der Waals surface area contributed by atoms with Crippen LogP contribution in [0.2, 0.25) is 0 Å². The predicted octanol–water partition coefficient (Wildman–Crippen LogP) is 1.89. The third-order valence-electron chi connectivity index (χ3n) is 4.68. The van der Waals surface area contributed by atoms with Gasteiger partial charge in [0.2, 0.25) is 11.8 Å². The van der Waals surface area contributed by atoms with Crippen molar-refractivity contribution in [3.63, 3.8) is 0 Å². The molecule has 0 unspecified atom stereocenters. The van der Waals surface area contributed by atoms with Gasteiger partial charge >= 0.3 is 0 Å². The van der Waals surface area contributed by atoms with Gasteiger partial charge < -0.3 is 15.7 Å². The minimum atomic E-state index is -0.0975. The summed E-state index contributed by atoms with van der Waals surface area (Å²) in [5.74, 6) is 0.208. The van der Waals surface area contributed by atoms with Crippen LogP contribution in [0, 0.1) is 5.92 Å². The van der Waals surface area contributed by atoms with Crippen molar-refractivity contribution < 1.29 is 14.7 Å². The molecule has 0 spiro atoms. The first-order valence-electron chi connectivity index (χ1n) is 8.48. The van der Waals surface area contributed by atoms with Gasteiger partial charge in [-0.05, 0) is 38.2 Å². The minimum Gasteiger partial charge on any atom is -0.508 e. The van der Waals surface area contributed by atoms with Crippen molar-refractivity contribution in [3.05, 3.63) is 29.8 Å². The number of rotatable bonds is 5. The van der Waals surface area contributed by atoms with Crippen molar-refractivity contribution in [2.75, 3.05) is 0 Å². The number of phenolic OH excluding ortho intramolecular Hbond substituents is 1. The first kappa shape index (κ1) is 15.8. The predicted molar refractivity (Wildman–Crippen MR) is 86.9 cm³/mol. The van der Waals surface area contributed by atoms with Gasteiger partial charge in [0.1, 0.15) is 5.75 Å². The standard InChI is InChI=1S/C18H24N2O3/c21-16-7-2-1-4-12(16)11-17(22)19-15-6-3-5-13(10-15)18(23)20-14-8-9-14/h1-2,4,7,13-15,21H,3,5-6,8-11H2,(H,19,22)(H,20,23)/t13-,15+/m0/s1. The summed E-state index contributed by atoms with van der Waals surface area (Å²) >= 11 is 0. The van der Waals surface area contributed by atoms with E-state index in [-0.39, 0.29) is 35.9 Å². The van der Waals surface area contributed by atoms with E-state index < -0.39 is 0 Å². The van der Waals surface area contributed by atoms with E-state index in [0.717, 1.165) is 32.1 Å². The number of aromatic hydroxyl groups is 1. The SMILES string of the molecule is O=C(Cc1ccccc1O)N[C@@H]1CCC[C@H](C(=O)NC2CC2)C1. The van der Waals surface area contributed by atoms with E-state index >= 15 is 0 Å². The highest BCUT2D eigenvalue weighted by Crippen LogP contribution is 2.27. The van der Waals surface area contributed by atoms with Gasteiger partial charge in [0.05, 0.1) is 6.42 Å². The van der Waals surface area contributed by atoms with Gasteiger partial charge in [-0.15, -0.1) is 0 Å². The van der Waals surface area contributed by atoms with Crippen molar-refractivity contribution in [1.82, 2.24) is 10.6 Å². The van der Waals surface area contributed by atoms with Crippen LogP contribution < -0.4 is 10.6 Å². The Morgan fingerprint density at radius 2 is 1.83 bits per heavy atom. The summed E-state index contributed by atoms with van der Waals surface area (Å²) in [6.45, 7) is 0. The number of carbonyl (C=O) groups excluding carboxylic acids is 2. The van der Waals surface area contributed by atoms with Gasteiger partial charge in [0.25, 0.3) is 0 Å². The van der Waals surface area contributed by atoms with Gasteiger partial charge in [-0.2, -0.15) is 0 Å². The second-order valence-corrected chi connectivity index (χ2v) is 6.72. The fraction of sp³-hybridized carbons (Fsp3) is 0.556. The highest BCUT2D eigenvalue weighted by atomic mass is 16.3. The van der Waals surface area contributed by atoms with Gasteiger partial charge in [0, 0.05) is 23.6 Å². The Morgan fingerprint density at radius 3 is 2.57 bits per heavy atom. The van der Waals surface area contributed by atoms with Crippen LogP contribution in [-0.2, 0) is 16.0 Å². The lowest BCUT2D eigenvalue weighted by molar-refractivity contribution is -0.127. The van der Waals surface area contributed by atoms with Crippen LogP contribution in [0.5, 0.6) is 5.75 Å². The maximum absolute atomic E-state index is 12.2. The summed E-state index contributed by atoms with van der Waals surface area (Å²) in [4.78, 5) is 24.3. The summed E-state index contributed by atoms with van der Waals surface area (Å²) in [5, 5.41) is 15.8. The summed E-state index contributed by atoms with van der Waals surface area (Å²) in [6, 6.07) is 7.32. The van der Waals surface area contributed by atoms with E-state index in [1.807, 2.05) is 0 Å². The smallest absolute Gasteiger partial charge is 0.224 e. The first-order chi connectivity index (χ1) is 11.1. The number of hydrogen-bond acceptors (Lipinski definition) is 3. The molecule has 2 saturated carbocycles. The zero-order valence-electron chi connectivity index (χ0n) is 13.3. The molecule has 5 nitrogen and oxygen atoms in total. The summed E-state index contributed by atoms with van der Waals surface area (Å²) < 4.78 is 0. The number of benzene rings is 1. The second-order valence-electron chi connectivity index (χ2n) is 6.72. The topological polar surface area (TPSA) is 78.4 Å². The molecule has 2 aliphatic carbocycles. The van der Waals surface area contributed by atoms with Crippen LogP contribution in [0.4, 0.5) is 0 Å². The van der Waals surface area contributed by atoms with E-state index in [1.165, 1.54) is 0 Å². The summed E-state index contributed by atoms with van der Waals surface area (Å²) in [7, 11) is 0. The second kappa shape index (κ2) is 7.02. The molecule has 0 saturated heterocycles. The molecule has 2 aliphatic rings. The highest BCUT2D eigenvalue weighted by molar-refractivity contribution is 5.81. The molecule has 0 radical (unpaired) electrons. The van der Waals surface area contributed by atoms with Gasteiger partial charge in [0.15, 0.2) is 0 Å². The van der Waals surface area contributed by atoms with Crippen molar-refractivity contribution in [2.45, 2.75) is 57.0 Å². The minimum absolute atomic E-state index is 0.0137. The molecule has 2 amide bonds. The molecule has 2 fully saturated rings. The maximum Gasteiger partial charge on any atom is 0.224 e. The Balaban J connectivity index is 1.49. The molecule has 1 aromatic rings. The molecule has 1 aromatic carbocycles. The number of phenols is 1. The Labute approximate surface area is 136 Å². The molecule has 3 N–H and O–H groups in total. The van der Waals surface area contributed by atoms with E-state index in [2.05, 4.69) is 10.6 Å². The van der Waals surface area contributed by atoms with Crippen molar-refractivity contribution >= 4 is 11.8 Å². The number of amides is 2. The zero-order chi connectivity index (χ0) is 16.2. The molecule has 0 heterocycles. The molecule has 124 valence electrons. The monoisotopic (exact) mass is 316 g/mol. The normalized spacial score (nSPS) is 24.0. The van der Waals surface area contributed by atoms with Crippen LogP contribution in [0.15, 0.2) is 24.3 Å². The first-order valence-corrected chi connectivity index (χ1v) is 8.48. The Hall–Kier alpha value is -2.04. The van der Waals surface area contributed by atoms with E-state index in [9.17, 15) is 14.7 Å². The zero-order valence-corrected chi connectivity index (χ0v) is 13.3. The van der Waals surface area contributed by atoms with E-state index in [0.29, 0.717) is 18.0 Å². The van der Waals surface area contributed by atoms with Crippen molar-refractivity contribution in [1.29, 1.82) is 0 Å². The molecule has 2 atom stereocenters. The molecule has 0 aromatic heterocycles. The molecule has 5 heteroatoms. The summed E-state index contributed by atoms with van der Waals surface area (Å²) in [6.07, 6.45) is 5.86. The number of para-hydroxylation sites is 1. The molecule has 23 heavy (non-hydrogen) atoms. The molecule has 3 rings (SSSR count). The fourth-order valence-electron chi connectivity index (χ4n) is 3.22. The third-order valence-corrected chi connectivity index (χ3v) is 4.68. The largest absolute Gasteiger partial charge is 0.508 e. The van der Waals surface area contributed by atoms with Gasteiger partial charge in [-0.3, -0.25) is 9.59 Å². The average Bonchev–Trinajstić information content (AvgIpc) is 3.34. The van der Waals surface area contributed by atoms with E-state index in [4.69, 9.17) is 0 Å². The lowest BCUT2D eigenvalue weighted by atomic mass is 9.85. The van der Waals surface area contributed by atoms with Crippen molar-refractivity contribution in [3.8, 4) is 5.75 Å². The van der Waals surface area contributed by atoms with Crippen LogP contribution >= 0.6 is 0 Å². The van der Waals surface area contributed by atoms with Gasteiger partial charge in [-0.25, -0.2) is 0 Å². The van der Waals surface area contributed by atoms with Crippen LogP contribution in [-0.4, -0.2) is 29.0 Å². The Morgan fingerprint density at radius 1 is 1.04 bits per heavy atom. The molecule has 0 bridgehead atoms. The average molecular weight is 316 g/mol. The lowest BCUT2D eigenvalue weighted by Crippen LogP contribution is -2.43. The molecule has 0 aliphatic heterocycles. The number of carbonyl (C=O) groups is 2. The highest BCUT2D eigenvalue weighted by Gasteiger charge is 2.31. The van der Waals surface area contributed by atoms with Gasteiger partial charge in [-0.1, -0.05) is 24.6 Å². The van der Waals surface area contributed by atoms with Crippen LogP contribution in [0.3, 0.4) is 0 Å². The van der Waals surface area contributed by atoms with Crippen LogP contribution in [0.1, 0.15) is 44.1 Å². The lowest BCUT2D eigenvalue weighted by Gasteiger charge is -2.29. The Bertz CT molecular complexity index is 583.